The summed E-state index contributed by atoms with van der Waals surface area (Å²) in [5, 5.41) is 14.0. The predicted octanol–water partition coefficient (Wildman–Crippen LogP) is 2.78. The molecule has 2 aromatic carbocycles. The van der Waals surface area contributed by atoms with E-state index in [1.807, 2.05) is 0 Å². The molecule has 10 nitrogen and oxygen atoms in total. The average Bonchev–Trinajstić information content (AvgIpc) is 3.30. The Hall–Kier alpha value is -3.45. The number of fused-ring (bicyclic) bond motifs is 2. The Morgan fingerprint density at radius 2 is 1.95 bits per heavy atom. The molecule has 1 saturated heterocycles. The molecular formula is C24H25FN4O6S2. The van der Waals surface area contributed by atoms with E-state index < -0.39 is 37.1 Å². The van der Waals surface area contributed by atoms with Crippen LogP contribution in [0.25, 0.3) is 0 Å². The summed E-state index contributed by atoms with van der Waals surface area (Å²) in [5.74, 6) is -1.53. The first-order chi connectivity index (χ1) is 17.3. The maximum absolute atomic E-state index is 14.0. The van der Waals surface area contributed by atoms with Gasteiger partial charge in [0.1, 0.15) is 16.3 Å². The molecule has 37 heavy (non-hydrogen) atoms. The predicted molar refractivity (Wildman–Crippen MR) is 136 cm³/mol. The molecular weight excluding hydrogens is 523 g/mol. The third-order valence-electron chi connectivity index (χ3n) is 6.98. The monoisotopic (exact) mass is 548 g/mol. The summed E-state index contributed by atoms with van der Waals surface area (Å²) in [6, 6.07) is 9.37. The van der Waals surface area contributed by atoms with Crippen LogP contribution in [0.1, 0.15) is 25.3 Å². The Morgan fingerprint density at radius 3 is 2.62 bits per heavy atom. The van der Waals surface area contributed by atoms with Crippen LogP contribution in [0.2, 0.25) is 0 Å². The SMILES string of the molecule is CC1(Cc2ccc(F)cc2)C(=O)C(C2=NS(=O)(=O)c3cc(NS(C)(=O)=O)ccc3N2)=C(O)N2CCCC21. The normalized spacial score (nSPS) is 24.7. The maximum atomic E-state index is 14.0. The van der Waals surface area contributed by atoms with Gasteiger partial charge < -0.3 is 15.3 Å². The summed E-state index contributed by atoms with van der Waals surface area (Å²) in [6.07, 6.45) is 2.57. The summed E-state index contributed by atoms with van der Waals surface area (Å²) in [6.45, 7) is 2.24. The molecule has 0 amide bonds. The van der Waals surface area contributed by atoms with Gasteiger partial charge in [-0.25, -0.2) is 12.8 Å². The highest BCUT2D eigenvalue weighted by Crippen LogP contribution is 2.45. The molecule has 1 fully saturated rings. The van der Waals surface area contributed by atoms with E-state index in [4.69, 9.17) is 0 Å². The molecule has 2 atom stereocenters. The van der Waals surface area contributed by atoms with E-state index in [1.165, 1.54) is 24.3 Å². The number of carbonyl (C=O) groups excluding carboxylic acids is 1. The van der Waals surface area contributed by atoms with E-state index in [-0.39, 0.29) is 46.0 Å². The van der Waals surface area contributed by atoms with E-state index in [1.54, 1.807) is 24.0 Å². The van der Waals surface area contributed by atoms with Crippen LogP contribution in [0.3, 0.4) is 0 Å². The summed E-state index contributed by atoms with van der Waals surface area (Å²) >= 11 is 0. The number of aliphatic hydroxyl groups excluding tert-OH is 1. The quantitative estimate of drug-likeness (QED) is 0.517. The molecule has 0 aromatic heterocycles. The van der Waals surface area contributed by atoms with Crippen molar-refractivity contribution in [3.63, 3.8) is 0 Å². The summed E-state index contributed by atoms with van der Waals surface area (Å²) in [4.78, 5) is 15.4. The Balaban J connectivity index is 1.57. The van der Waals surface area contributed by atoms with Gasteiger partial charge in [-0.1, -0.05) is 12.1 Å². The number of halogens is 1. The average molecular weight is 549 g/mol. The molecule has 3 N–H and O–H groups in total. The number of anilines is 2. The van der Waals surface area contributed by atoms with E-state index >= 15 is 0 Å². The molecule has 3 aliphatic rings. The Labute approximate surface area is 214 Å². The van der Waals surface area contributed by atoms with Crippen molar-refractivity contribution in [3.05, 3.63) is 65.3 Å². The molecule has 2 unspecified atom stereocenters. The van der Waals surface area contributed by atoms with Gasteiger partial charge in [-0.15, -0.1) is 4.40 Å². The zero-order valence-electron chi connectivity index (χ0n) is 20.0. The van der Waals surface area contributed by atoms with Crippen LogP contribution in [-0.4, -0.2) is 57.3 Å². The van der Waals surface area contributed by atoms with Crippen molar-refractivity contribution in [2.75, 3.05) is 22.8 Å². The molecule has 0 aliphatic carbocycles. The van der Waals surface area contributed by atoms with Crippen molar-refractivity contribution in [1.29, 1.82) is 0 Å². The molecule has 0 radical (unpaired) electrons. The first-order valence-corrected chi connectivity index (χ1v) is 14.8. The van der Waals surface area contributed by atoms with Gasteiger partial charge >= 0.3 is 0 Å². The van der Waals surface area contributed by atoms with Crippen molar-refractivity contribution in [2.24, 2.45) is 9.81 Å². The van der Waals surface area contributed by atoms with Gasteiger partial charge in [0.05, 0.1) is 17.4 Å². The van der Waals surface area contributed by atoms with Crippen LogP contribution in [-0.2, 0) is 31.3 Å². The standard InChI is InChI=1S/C24H25FN4O6S2/c1-24(13-14-5-7-15(25)8-6-14)19-4-3-11-29(19)23(31)20(21(24)30)22-26-17-10-9-16(27-36(2,32)33)12-18(17)37(34,35)28-22/h5-10,12,19,27,31H,3-4,11,13H2,1-2H3,(H,26,28). The number of amidine groups is 1. The minimum atomic E-state index is -4.36. The molecule has 5 rings (SSSR count). The number of benzene rings is 2. The van der Waals surface area contributed by atoms with E-state index in [2.05, 4.69) is 14.4 Å². The maximum Gasteiger partial charge on any atom is 0.286 e. The second-order valence-corrected chi connectivity index (χ2v) is 13.0. The molecule has 3 heterocycles. The second kappa shape index (κ2) is 8.55. The van der Waals surface area contributed by atoms with Crippen LogP contribution in [0.4, 0.5) is 15.8 Å². The molecule has 196 valence electrons. The molecule has 13 heteroatoms. The lowest BCUT2D eigenvalue weighted by Crippen LogP contribution is -2.55. The lowest BCUT2D eigenvalue weighted by atomic mass is 9.68. The minimum Gasteiger partial charge on any atom is -0.494 e. The van der Waals surface area contributed by atoms with Gasteiger partial charge in [-0.2, -0.15) is 8.42 Å². The minimum absolute atomic E-state index is 0.0351. The van der Waals surface area contributed by atoms with Crippen LogP contribution < -0.4 is 10.0 Å². The smallest absolute Gasteiger partial charge is 0.286 e. The van der Waals surface area contributed by atoms with E-state index in [0.717, 1.165) is 24.3 Å². The number of hydrogen-bond acceptors (Lipinski definition) is 8. The van der Waals surface area contributed by atoms with Crippen molar-refractivity contribution < 1.29 is 31.1 Å². The third-order valence-corrected chi connectivity index (χ3v) is 8.90. The third kappa shape index (κ3) is 4.46. The first kappa shape index (κ1) is 25.2. The van der Waals surface area contributed by atoms with Gasteiger partial charge in [-0.05, 0) is 62.1 Å². The van der Waals surface area contributed by atoms with Crippen molar-refractivity contribution in [3.8, 4) is 0 Å². The Morgan fingerprint density at radius 1 is 1.24 bits per heavy atom. The number of ketones is 1. The number of nitrogens with zero attached hydrogens (tertiary/aromatic N) is 2. The summed E-state index contributed by atoms with van der Waals surface area (Å²) in [5.41, 5.74) is -0.440. The largest absolute Gasteiger partial charge is 0.494 e. The lowest BCUT2D eigenvalue weighted by Gasteiger charge is -2.45. The van der Waals surface area contributed by atoms with Gasteiger partial charge in [-0.3, -0.25) is 9.52 Å². The zero-order valence-corrected chi connectivity index (χ0v) is 21.7. The topological polar surface area (TPSA) is 145 Å². The lowest BCUT2D eigenvalue weighted by molar-refractivity contribution is -0.129. The fourth-order valence-corrected chi connectivity index (χ4v) is 7.05. The molecule has 2 aromatic rings. The summed E-state index contributed by atoms with van der Waals surface area (Å²) in [7, 11) is -8.00. The first-order valence-electron chi connectivity index (χ1n) is 11.5. The number of rotatable bonds is 5. The number of carbonyl (C=O) groups is 1. The van der Waals surface area contributed by atoms with Crippen LogP contribution in [0.5, 0.6) is 0 Å². The summed E-state index contributed by atoms with van der Waals surface area (Å²) < 4.78 is 68.8. The van der Waals surface area contributed by atoms with Gasteiger partial charge in [0.25, 0.3) is 10.0 Å². The van der Waals surface area contributed by atoms with Gasteiger partial charge in [0.15, 0.2) is 11.6 Å². The number of nitrogens with one attached hydrogen (secondary N) is 2. The fraction of sp³-hybridized carbons (Fsp3) is 0.333. The van der Waals surface area contributed by atoms with Crippen molar-refractivity contribution in [1.82, 2.24) is 4.90 Å². The van der Waals surface area contributed by atoms with Crippen LogP contribution in [0.15, 0.2) is 63.2 Å². The molecule has 0 spiro atoms. The zero-order chi connectivity index (χ0) is 26.8. The van der Waals surface area contributed by atoms with Crippen molar-refractivity contribution >= 4 is 43.0 Å². The highest BCUT2D eigenvalue weighted by Gasteiger charge is 2.54. The van der Waals surface area contributed by atoms with Crippen LogP contribution in [0, 0.1) is 11.2 Å². The highest BCUT2D eigenvalue weighted by molar-refractivity contribution is 7.92. The molecule has 0 saturated carbocycles. The van der Waals surface area contributed by atoms with Gasteiger partial charge in [0, 0.05) is 18.3 Å². The van der Waals surface area contributed by atoms with Crippen molar-refractivity contribution in [2.45, 2.75) is 37.1 Å². The number of Topliss-reactive ketones (excluding diaryl/α,β-unsaturated/α-hetero) is 1. The van der Waals surface area contributed by atoms with E-state index in [0.29, 0.717) is 13.0 Å². The molecule has 3 aliphatic heterocycles. The molecule has 0 bridgehead atoms. The Kier molecular flexibility index (Phi) is 5.83. The Bertz CT molecular complexity index is 1590. The second-order valence-electron chi connectivity index (χ2n) is 9.72. The number of hydrogen-bond donors (Lipinski definition) is 3. The highest BCUT2D eigenvalue weighted by atomic mass is 32.2. The number of aliphatic hydroxyl groups is 1. The van der Waals surface area contributed by atoms with Crippen LogP contribution >= 0.6 is 0 Å². The fourth-order valence-electron chi connectivity index (χ4n) is 5.35. The number of sulfonamides is 2. The van der Waals surface area contributed by atoms with E-state index in [9.17, 15) is 31.1 Å². The van der Waals surface area contributed by atoms with Gasteiger partial charge in [0.2, 0.25) is 15.9 Å².